The molecule has 1 aliphatic carbocycles. The van der Waals surface area contributed by atoms with Crippen molar-refractivity contribution in [3.63, 3.8) is 0 Å². The second-order valence-electron chi connectivity index (χ2n) is 5.49. The van der Waals surface area contributed by atoms with Gasteiger partial charge < -0.3 is 4.90 Å². The van der Waals surface area contributed by atoms with Gasteiger partial charge in [0.05, 0.1) is 0 Å². The predicted molar refractivity (Wildman–Crippen MR) is 77.2 cm³/mol. The summed E-state index contributed by atoms with van der Waals surface area (Å²) < 4.78 is 24.5. The average molecular weight is 299 g/mol. The third-order valence-electron chi connectivity index (χ3n) is 3.14. The molecule has 2 rings (SSSR count). The molecule has 0 bridgehead atoms. The summed E-state index contributed by atoms with van der Waals surface area (Å²) in [6.07, 6.45) is 2.13. The van der Waals surface area contributed by atoms with Crippen molar-refractivity contribution < 1.29 is 13.6 Å². The van der Waals surface area contributed by atoms with Gasteiger partial charge in [-0.2, -0.15) is 8.78 Å². The van der Waals surface area contributed by atoms with Crippen LogP contribution in [0, 0.1) is 5.92 Å². The molecule has 0 saturated heterocycles. The first kappa shape index (κ1) is 15.3. The molecule has 0 N–H and O–H groups in total. The molecule has 1 aromatic carbocycles. The highest BCUT2D eigenvalue weighted by atomic mass is 32.2. The number of benzene rings is 1. The zero-order valence-electron chi connectivity index (χ0n) is 11.7. The molecule has 20 heavy (non-hydrogen) atoms. The number of carbonyl (C=O) groups is 1. The third kappa shape index (κ3) is 4.20. The Balaban J connectivity index is 2.06. The molecular formula is C15H19F2NOS. The van der Waals surface area contributed by atoms with Gasteiger partial charge >= 0.3 is 0 Å². The van der Waals surface area contributed by atoms with E-state index in [0.29, 0.717) is 34.2 Å². The quantitative estimate of drug-likeness (QED) is 0.731. The van der Waals surface area contributed by atoms with Crippen molar-refractivity contribution >= 4 is 17.7 Å². The molecule has 0 unspecified atom stereocenters. The molecule has 5 heteroatoms. The van der Waals surface area contributed by atoms with Crippen LogP contribution in [-0.4, -0.2) is 29.2 Å². The Labute approximate surface area is 122 Å². The van der Waals surface area contributed by atoms with Crippen molar-refractivity contribution in [2.24, 2.45) is 5.92 Å². The third-order valence-corrected chi connectivity index (χ3v) is 3.86. The molecule has 0 aromatic heterocycles. The van der Waals surface area contributed by atoms with Crippen LogP contribution in [0.15, 0.2) is 29.2 Å². The van der Waals surface area contributed by atoms with Crippen molar-refractivity contribution in [2.45, 2.75) is 43.4 Å². The SMILES string of the molecule is CC(C)CN(C(=O)c1ccc(SC(F)F)cc1)C1CC1. The van der Waals surface area contributed by atoms with Gasteiger partial charge in [-0.15, -0.1) is 0 Å². The summed E-state index contributed by atoms with van der Waals surface area (Å²) in [6, 6.07) is 6.82. The van der Waals surface area contributed by atoms with Crippen LogP contribution in [0.1, 0.15) is 37.0 Å². The molecule has 1 saturated carbocycles. The Morgan fingerprint density at radius 2 is 1.90 bits per heavy atom. The maximum absolute atomic E-state index is 12.5. The fraction of sp³-hybridized carbons (Fsp3) is 0.533. The first-order chi connectivity index (χ1) is 9.47. The van der Waals surface area contributed by atoms with E-state index in [-0.39, 0.29) is 5.91 Å². The van der Waals surface area contributed by atoms with Crippen LogP contribution in [-0.2, 0) is 0 Å². The molecule has 1 fully saturated rings. The van der Waals surface area contributed by atoms with Crippen molar-refractivity contribution in [1.82, 2.24) is 4.90 Å². The second-order valence-corrected chi connectivity index (χ2v) is 6.55. The van der Waals surface area contributed by atoms with E-state index in [2.05, 4.69) is 13.8 Å². The minimum Gasteiger partial charge on any atom is -0.335 e. The van der Waals surface area contributed by atoms with E-state index < -0.39 is 5.76 Å². The average Bonchev–Trinajstić information content (AvgIpc) is 3.19. The van der Waals surface area contributed by atoms with E-state index >= 15 is 0 Å². The molecule has 1 amide bonds. The maximum Gasteiger partial charge on any atom is 0.288 e. The first-order valence-electron chi connectivity index (χ1n) is 6.83. The fourth-order valence-corrected chi connectivity index (χ4v) is 2.62. The lowest BCUT2D eigenvalue weighted by atomic mass is 10.1. The largest absolute Gasteiger partial charge is 0.335 e. The van der Waals surface area contributed by atoms with Crippen molar-refractivity contribution in [3.8, 4) is 0 Å². The molecule has 2 nitrogen and oxygen atoms in total. The summed E-state index contributed by atoms with van der Waals surface area (Å²) in [4.78, 5) is 14.9. The number of rotatable bonds is 6. The molecule has 0 radical (unpaired) electrons. The van der Waals surface area contributed by atoms with Crippen molar-refractivity contribution in [3.05, 3.63) is 29.8 Å². The highest BCUT2D eigenvalue weighted by molar-refractivity contribution is 7.99. The molecule has 110 valence electrons. The molecule has 1 aromatic rings. The van der Waals surface area contributed by atoms with Gasteiger partial charge in [0.2, 0.25) is 0 Å². The maximum atomic E-state index is 12.5. The predicted octanol–water partition coefficient (Wildman–Crippen LogP) is 4.26. The highest BCUT2D eigenvalue weighted by Gasteiger charge is 2.33. The van der Waals surface area contributed by atoms with Gasteiger partial charge in [-0.25, -0.2) is 0 Å². The van der Waals surface area contributed by atoms with Crippen molar-refractivity contribution in [1.29, 1.82) is 0 Å². The number of alkyl halides is 2. The van der Waals surface area contributed by atoms with E-state index in [1.54, 1.807) is 24.3 Å². The van der Waals surface area contributed by atoms with E-state index in [0.717, 1.165) is 19.4 Å². The summed E-state index contributed by atoms with van der Waals surface area (Å²) in [7, 11) is 0. The number of halogens is 2. The zero-order chi connectivity index (χ0) is 14.7. The lowest BCUT2D eigenvalue weighted by Crippen LogP contribution is -2.36. The van der Waals surface area contributed by atoms with Crippen LogP contribution in [0.4, 0.5) is 8.78 Å². The Hall–Kier alpha value is -1.10. The van der Waals surface area contributed by atoms with Gasteiger partial charge in [0.25, 0.3) is 11.7 Å². The molecule has 0 heterocycles. The van der Waals surface area contributed by atoms with Crippen LogP contribution in [0.5, 0.6) is 0 Å². The number of amides is 1. The fourth-order valence-electron chi connectivity index (χ4n) is 2.12. The Morgan fingerprint density at radius 3 is 2.35 bits per heavy atom. The van der Waals surface area contributed by atoms with E-state index in [1.807, 2.05) is 4.90 Å². The summed E-state index contributed by atoms with van der Waals surface area (Å²) in [5.41, 5.74) is 0.580. The molecule has 1 aliphatic rings. The van der Waals surface area contributed by atoms with Gasteiger partial charge in [0.1, 0.15) is 0 Å². The van der Waals surface area contributed by atoms with Crippen molar-refractivity contribution in [2.75, 3.05) is 6.54 Å². The molecular weight excluding hydrogens is 280 g/mol. The Bertz CT molecular complexity index is 457. The van der Waals surface area contributed by atoms with E-state index in [1.165, 1.54) is 0 Å². The van der Waals surface area contributed by atoms with Crippen LogP contribution in [0.25, 0.3) is 0 Å². The normalized spacial score (nSPS) is 14.9. The van der Waals surface area contributed by atoms with Gasteiger partial charge in [-0.05, 0) is 43.0 Å². The van der Waals surface area contributed by atoms with Crippen LogP contribution in [0.3, 0.4) is 0 Å². The summed E-state index contributed by atoms with van der Waals surface area (Å²) >= 11 is 0.498. The number of thioether (sulfide) groups is 1. The van der Waals surface area contributed by atoms with Gasteiger partial charge in [0.15, 0.2) is 0 Å². The Kier molecular flexibility index (Phi) is 5.02. The first-order valence-corrected chi connectivity index (χ1v) is 7.71. The smallest absolute Gasteiger partial charge is 0.288 e. The van der Waals surface area contributed by atoms with Gasteiger partial charge in [-0.1, -0.05) is 25.6 Å². The summed E-state index contributed by atoms with van der Waals surface area (Å²) in [5.74, 6) is -2.00. The standard InChI is InChI=1S/C15H19F2NOS/c1-10(2)9-18(12-5-6-12)14(19)11-3-7-13(8-4-11)20-15(16)17/h3-4,7-8,10,12,15H,5-6,9H2,1-2H3. The number of hydrogen-bond acceptors (Lipinski definition) is 2. The minimum absolute atomic E-state index is 0.00907. The van der Waals surface area contributed by atoms with Crippen LogP contribution >= 0.6 is 11.8 Å². The molecule has 0 spiro atoms. The minimum atomic E-state index is -2.43. The van der Waals surface area contributed by atoms with E-state index in [4.69, 9.17) is 0 Å². The van der Waals surface area contributed by atoms with E-state index in [9.17, 15) is 13.6 Å². The topological polar surface area (TPSA) is 20.3 Å². The number of carbonyl (C=O) groups excluding carboxylic acids is 1. The van der Waals surface area contributed by atoms with Crippen LogP contribution in [0.2, 0.25) is 0 Å². The summed E-state index contributed by atoms with van der Waals surface area (Å²) in [5, 5.41) is 0. The highest BCUT2D eigenvalue weighted by Crippen LogP contribution is 2.30. The Morgan fingerprint density at radius 1 is 1.30 bits per heavy atom. The van der Waals surface area contributed by atoms with Crippen LogP contribution < -0.4 is 0 Å². The molecule has 0 aliphatic heterocycles. The number of nitrogens with zero attached hydrogens (tertiary/aromatic N) is 1. The van der Waals surface area contributed by atoms with Gasteiger partial charge in [-0.3, -0.25) is 4.79 Å². The summed E-state index contributed by atoms with van der Waals surface area (Å²) in [6.45, 7) is 4.92. The number of hydrogen-bond donors (Lipinski definition) is 0. The zero-order valence-corrected chi connectivity index (χ0v) is 12.5. The monoisotopic (exact) mass is 299 g/mol. The second kappa shape index (κ2) is 6.57. The lowest BCUT2D eigenvalue weighted by Gasteiger charge is -2.24. The lowest BCUT2D eigenvalue weighted by molar-refractivity contribution is 0.0722. The molecule has 0 atom stereocenters. The van der Waals surface area contributed by atoms with Gasteiger partial charge in [0, 0.05) is 23.0 Å².